The van der Waals surface area contributed by atoms with Crippen molar-refractivity contribution in [1.82, 2.24) is 4.90 Å². The third-order valence-corrected chi connectivity index (χ3v) is 4.96. The van der Waals surface area contributed by atoms with Gasteiger partial charge in [0.2, 0.25) is 0 Å². The molecule has 0 atom stereocenters. The van der Waals surface area contributed by atoms with E-state index in [1.165, 1.54) is 22.3 Å². The maximum atomic E-state index is 12.6. The van der Waals surface area contributed by atoms with Gasteiger partial charge in [-0.05, 0) is 35.1 Å². The summed E-state index contributed by atoms with van der Waals surface area (Å²) in [7, 11) is 0. The Kier molecular flexibility index (Phi) is 6.29. The number of ether oxygens (including phenoxy) is 1. The molecule has 2 aromatic rings. The van der Waals surface area contributed by atoms with Crippen LogP contribution in [0.4, 0.5) is 4.79 Å². The molecule has 1 N–H and O–H groups in total. The molecule has 0 unspecified atom stereocenters. The molecule has 0 heterocycles. The summed E-state index contributed by atoms with van der Waals surface area (Å²) in [5, 5.41) is 9.06. The van der Waals surface area contributed by atoms with E-state index in [9.17, 15) is 4.79 Å². The molecule has 1 amide bonds. The number of nitrogens with zero attached hydrogens (tertiary/aromatic N) is 1. The molecular weight excluding hydrogens is 326 g/mol. The van der Waals surface area contributed by atoms with Crippen molar-refractivity contribution in [3.8, 4) is 11.1 Å². The maximum Gasteiger partial charge on any atom is 0.409 e. The Balaban J connectivity index is 1.71. The Morgan fingerprint density at radius 1 is 1.00 bits per heavy atom. The van der Waals surface area contributed by atoms with E-state index < -0.39 is 0 Å². The number of hydrogen-bond donors (Lipinski definition) is 1. The molecule has 138 valence electrons. The molecular formula is C22H27NO3. The molecule has 4 heteroatoms. The summed E-state index contributed by atoms with van der Waals surface area (Å²) in [6.45, 7) is 3.73. The predicted molar refractivity (Wildman–Crippen MR) is 103 cm³/mol. The number of aliphatic hydroxyl groups is 1. The molecule has 0 spiro atoms. The number of unbranched alkanes of at least 4 members (excludes halogenated alkanes) is 1. The lowest BCUT2D eigenvalue weighted by Crippen LogP contribution is -2.34. The third-order valence-electron chi connectivity index (χ3n) is 4.96. The molecule has 0 saturated heterocycles. The van der Waals surface area contributed by atoms with Crippen LogP contribution in [-0.2, 0) is 4.74 Å². The van der Waals surface area contributed by atoms with Crippen LogP contribution in [-0.4, -0.2) is 42.4 Å². The van der Waals surface area contributed by atoms with Crippen LogP contribution in [0.2, 0.25) is 0 Å². The number of carbonyl (C=O) groups is 1. The van der Waals surface area contributed by atoms with Crippen molar-refractivity contribution in [2.24, 2.45) is 0 Å². The quantitative estimate of drug-likeness (QED) is 0.764. The highest BCUT2D eigenvalue weighted by molar-refractivity contribution is 5.79. The van der Waals surface area contributed by atoms with Crippen molar-refractivity contribution >= 4 is 6.09 Å². The first-order valence-corrected chi connectivity index (χ1v) is 9.47. The van der Waals surface area contributed by atoms with Crippen LogP contribution in [0, 0.1) is 0 Å². The summed E-state index contributed by atoms with van der Waals surface area (Å²) in [5.41, 5.74) is 4.90. The van der Waals surface area contributed by atoms with Gasteiger partial charge in [-0.15, -0.1) is 0 Å². The van der Waals surface area contributed by atoms with Gasteiger partial charge in [0.1, 0.15) is 6.61 Å². The van der Waals surface area contributed by atoms with E-state index in [-0.39, 0.29) is 18.6 Å². The highest BCUT2D eigenvalue weighted by Crippen LogP contribution is 2.44. The van der Waals surface area contributed by atoms with Crippen LogP contribution in [0.15, 0.2) is 48.5 Å². The zero-order valence-corrected chi connectivity index (χ0v) is 15.4. The standard InChI is InChI=1S/C22H27NO3/c1-2-3-13-23(14-8-15-24)22(25)26-16-21-19-11-6-4-9-17(19)18-10-5-7-12-20(18)21/h4-7,9-12,21,24H,2-3,8,13-16H2,1H3. The fourth-order valence-corrected chi connectivity index (χ4v) is 3.59. The van der Waals surface area contributed by atoms with Gasteiger partial charge in [0, 0.05) is 25.6 Å². The minimum absolute atomic E-state index is 0.0808. The fraction of sp³-hybridized carbons (Fsp3) is 0.409. The minimum atomic E-state index is -0.284. The van der Waals surface area contributed by atoms with Crippen LogP contribution in [0.1, 0.15) is 43.2 Å². The smallest absolute Gasteiger partial charge is 0.409 e. The summed E-state index contributed by atoms with van der Waals surface area (Å²) in [5.74, 6) is 0.0808. The molecule has 0 aromatic heterocycles. The molecule has 3 rings (SSSR count). The lowest BCUT2D eigenvalue weighted by molar-refractivity contribution is 0.0965. The van der Waals surface area contributed by atoms with Gasteiger partial charge < -0.3 is 14.7 Å². The summed E-state index contributed by atoms with van der Waals surface area (Å²) in [6, 6.07) is 16.7. The molecule has 0 aliphatic heterocycles. The molecule has 26 heavy (non-hydrogen) atoms. The molecule has 0 saturated carbocycles. The number of hydrogen-bond acceptors (Lipinski definition) is 3. The van der Waals surface area contributed by atoms with Gasteiger partial charge in [-0.1, -0.05) is 61.9 Å². The van der Waals surface area contributed by atoms with Crippen LogP contribution < -0.4 is 0 Å². The van der Waals surface area contributed by atoms with Crippen molar-refractivity contribution in [2.45, 2.75) is 32.1 Å². The van der Waals surface area contributed by atoms with Gasteiger partial charge in [-0.25, -0.2) is 4.79 Å². The summed E-state index contributed by atoms with van der Waals surface area (Å²) in [6.07, 6.45) is 2.25. The number of carbonyl (C=O) groups excluding carboxylic acids is 1. The van der Waals surface area contributed by atoms with Crippen LogP contribution in [0.3, 0.4) is 0 Å². The molecule has 0 radical (unpaired) electrons. The molecule has 2 aromatic carbocycles. The van der Waals surface area contributed by atoms with Crippen molar-refractivity contribution in [2.75, 3.05) is 26.3 Å². The number of rotatable bonds is 8. The van der Waals surface area contributed by atoms with Crippen molar-refractivity contribution in [3.63, 3.8) is 0 Å². The summed E-state index contributed by atoms with van der Waals surface area (Å²) in [4.78, 5) is 14.3. The van der Waals surface area contributed by atoms with E-state index in [2.05, 4.69) is 31.2 Å². The Morgan fingerprint density at radius 2 is 1.58 bits per heavy atom. The normalized spacial score (nSPS) is 12.5. The molecule has 1 aliphatic carbocycles. The Bertz CT molecular complexity index is 690. The highest BCUT2D eigenvalue weighted by atomic mass is 16.6. The van der Waals surface area contributed by atoms with E-state index in [1.807, 2.05) is 24.3 Å². The van der Waals surface area contributed by atoms with E-state index in [0.29, 0.717) is 26.1 Å². The zero-order valence-electron chi connectivity index (χ0n) is 15.4. The van der Waals surface area contributed by atoms with Gasteiger partial charge in [0.25, 0.3) is 0 Å². The SMILES string of the molecule is CCCCN(CCCO)C(=O)OCC1c2ccccc2-c2ccccc21. The Hall–Kier alpha value is -2.33. The molecule has 0 bridgehead atoms. The first-order chi connectivity index (χ1) is 12.8. The van der Waals surface area contributed by atoms with Crippen LogP contribution in [0.25, 0.3) is 11.1 Å². The Labute approximate surface area is 155 Å². The lowest BCUT2D eigenvalue weighted by Gasteiger charge is -2.23. The van der Waals surface area contributed by atoms with E-state index in [1.54, 1.807) is 4.90 Å². The first kappa shape index (κ1) is 18.5. The summed E-state index contributed by atoms with van der Waals surface area (Å²) >= 11 is 0. The zero-order chi connectivity index (χ0) is 18.4. The average molecular weight is 353 g/mol. The van der Waals surface area contributed by atoms with Gasteiger partial charge in [-0.2, -0.15) is 0 Å². The number of benzene rings is 2. The van der Waals surface area contributed by atoms with Gasteiger partial charge >= 0.3 is 6.09 Å². The van der Waals surface area contributed by atoms with Gasteiger partial charge in [0.15, 0.2) is 0 Å². The molecule has 0 fully saturated rings. The van der Waals surface area contributed by atoms with Crippen molar-refractivity contribution < 1.29 is 14.6 Å². The second kappa shape index (κ2) is 8.86. The van der Waals surface area contributed by atoms with Gasteiger partial charge in [0.05, 0.1) is 0 Å². The van der Waals surface area contributed by atoms with Gasteiger partial charge in [-0.3, -0.25) is 0 Å². The van der Waals surface area contributed by atoms with Crippen molar-refractivity contribution in [1.29, 1.82) is 0 Å². The number of aliphatic hydroxyl groups excluding tert-OH is 1. The van der Waals surface area contributed by atoms with Crippen molar-refractivity contribution in [3.05, 3.63) is 59.7 Å². The maximum absolute atomic E-state index is 12.6. The van der Waals surface area contributed by atoms with E-state index in [4.69, 9.17) is 9.84 Å². The Morgan fingerprint density at radius 3 is 2.15 bits per heavy atom. The number of amides is 1. The predicted octanol–water partition coefficient (Wildman–Crippen LogP) is 4.42. The largest absolute Gasteiger partial charge is 0.448 e. The molecule has 1 aliphatic rings. The highest BCUT2D eigenvalue weighted by Gasteiger charge is 2.29. The second-order valence-corrected chi connectivity index (χ2v) is 6.72. The topological polar surface area (TPSA) is 49.8 Å². The second-order valence-electron chi connectivity index (χ2n) is 6.72. The average Bonchev–Trinajstić information content (AvgIpc) is 3.00. The van der Waals surface area contributed by atoms with Crippen LogP contribution in [0.5, 0.6) is 0 Å². The molecule has 4 nitrogen and oxygen atoms in total. The minimum Gasteiger partial charge on any atom is -0.448 e. The third kappa shape index (κ3) is 3.91. The number of fused-ring (bicyclic) bond motifs is 3. The van der Waals surface area contributed by atoms with E-state index in [0.717, 1.165) is 12.8 Å². The monoisotopic (exact) mass is 353 g/mol. The van der Waals surface area contributed by atoms with E-state index >= 15 is 0 Å². The first-order valence-electron chi connectivity index (χ1n) is 9.47. The summed E-state index contributed by atoms with van der Waals surface area (Å²) < 4.78 is 5.70. The van der Waals surface area contributed by atoms with Crippen LogP contribution >= 0.6 is 0 Å². The fourth-order valence-electron chi connectivity index (χ4n) is 3.59. The lowest BCUT2D eigenvalue weighted by atomic mass is 9.98.